The second kappa shape index (κ2) is 7.32. The molecule has 2 aromatic rings. The zero-order chi connectivity index (χ0) is 17.9. The predicted molar refractivity (Wildman–Crippen MR) is 84.3 cm³/mol. The number of hydrogen-bond acceptors (Lipinski definition) is 5. The summed E-state index contributed by atoms with van der Waals surface area (Å²) in [5, 5.41) is 6.87. The van der Waals surface area contributed by atoms with E-state index in [-0.39, 0.29) is 28.6 Å². The Hall–Kier alpha value is -1.91. The molecule has 2 aromatic heterocycles. The van der Waals surface area contributed by atoms with Gasteiger partial charge in [-0.1, -0.05) is 11.6 Å². The van der Waals surface area contributed by atoms with Crippen molar-refractivity contribution < 1.29 is 22.6 Å². The minimum Gasteiger partial charge on any atom is -0.417 e. The molecule has 0 amide bonds. The molecular formula is C13H12ClF3N4O2S. The predicted octanol–water partition coefficient (Wildman–Crippen LogP) is 3.38. The topological polar surface area (TPSA) is 61.2 Å². The van der Waals surface area contributed by atoms with Gasteiger partial charge in [0.05, 0.1) is 5.56 Å². The van der Waals surface area contributed by atoms with E-state index in [0.717, 1.165) is 6.07 Å². The van der Waals surface area contributed by atoms with Gasteiger partial charge in [-0.3, -0.25) is 0 Å². The van der Waals surface area contributed by atoms with E-state index in [1.165, 1.54) is 17.9 Å². The number of methoxy groups -OCH3 is 1. The maximum Gasteiger partial charge on any atom is 0.417 e. The second-order valence-electron chi connectivity index (χ2n) is 4.56. The summed E-state index contributed by atoms with van der Waals surface area (Å²) in [5.74, 6) is -0.103. The highest BCUT2D eigenvalue weighted by molar-refractivity contribution is 7.80. The number of pyridine rings is 1. The minimum atomic E-state index is -4.54. The van der Waals surface area contributed by atoms with Crippen LogP contribution in [0.1, 0.15) is 11.3 Å². The lowest BCUT2D eigenvalue weighted by Gasteiger charge is -2.09. The van der Waals surface area contributed by atoms with Gasteiger partial charge in [-0.25, -0.2) is 9.67 Å². The number of rotatable bonds is 4. The molecule has 0 spiro atoms. The van der Waals surface area contributed by atoms with Crippen molar-refractivity contribution in [1.29, 1.82) is 0 Å². The summed E-state index contributed by atoms with van der Waals surface area (Å²) in [4.78, 5) is 3.58. The Morgan fingerprint density at radius 1 is 1.42 bits per heavy atom. The average Bonchev–Trinajstić information content (AvgIpc) is 2.86. The van der Waals surface area contributed by atoms with Gasteiger partial charge in [-0.15, -0.1) is 5.10 Å². The van der Waals surface area contributed by atoms with E-state index >= 15 is 0 Å². The molecule has 0 aliphatic heterocycles. The highest BCUT2D eigenvalue weighted by Crippen LogP contribution is 2.34. The van der Waals surface area contributed by atoms with E-state index in [2.05, 4.69) is 15.4 Å². The molecule has 0 saturated heterocycles. The van der Waals surface area contributed by atoms with Crippen molar-refractivity contribution in [3.63, 3.8) is 0 Å². The number of aryl methyl sites for hydroxylation is 1. The first-order valence-corrected chi connectivity index (χ1v) is 7.25. The van der Waals surface area contributed by atoms with Crippen LogP contribution in [0.15, 0.2) is 18.3 Å². The number of nitrogens with one attached hydrogen (secondary N) is 1. The highest BCUT2D eigenvalue weighted by atomic mass is 35.5. The first kappa shape index (κ1) is 18.4. The van der Waals surface area contributed by atoms with Crippen molar-refractivity contribution in [1.82, 2.24) is 20.1 Å². The molecule has 0 radical (unpaired) electrons. The Morgan fingerprint density at radius 2 is 2.12 bits per heavy atom. The number of aromatic nitrogens is 3. The zero-order valence-electron chi connectivity index (χ0n) is 12.5. The van der Waals surface area contributed by atoms with Crippen LogP contribution in [0.25, 0.3) is 0 Å². The standard InChI is InChI=1S/C13H12ClF3N4O2S/c1-7-3-10(20-21(7)12(24)19-6-22-2)23-11-9(14)4-8(5-18-11)13(15,16)17/h3-5H,6H2,1-2H3,(H,19,24). The van der Waals surface area contributed by atoms with E-state index in [4.69, 9.17) is 33.3 Å². The van der Waals surface area contributed by atoms with Crippen molar-refractivity contribution >= 4 is 28.9 Å². The van der Waals surface area contributed by atoms with Gasteiger partial charge in [-0.05, 0) is 25.2 Å². The summed E-state index contributed by atoms with van der Waals surface area (Å²) in [7, 11) is 1.50. The highest BCUT2D eigenvalue weighted by Gasteiger charge is 2.31. The molecule has 2 rings (SSSR count). The van der Waals surface area contributed by atoms with Crippen LogP contribution in [0, 0.1) is 6.92 Å². The quantitative estimate of drug-likeness (QED) is 0.648. The zero-order valence-corrected chi connectivity index (χ0v) is 14.1. The number of halogens is 4. The molecule has 6 nitrogen and oxygen atoms in total. The smallest absolute Gasteiger partial charge is 0.417 e. The van der Waals surface area contributed by atoms with Gasteiger partial charge in [0, 0.05) is 25.1 Å². The monoisotopic (exact) mass is 380 g/mol. The van der Waals surface area contributed by atoms with Crippen LogP contribution in [0.4, 0.5) is 13.2 Å². The number of nitrogens with zero attached hydrogens (tertiary/aromatic N) is 3. The number of alkyl halides is 3. The van der Waals surface area contributed by atoms with Crippen LogP contribution in [0.2, 0.25) is 5.02 Å². The molecule has 0 saturated carbocycles. The molecule has 130 valence electrons. The summed E-state index contributed by atoms with van der Waals surface area (Å²) < 4.78 is 49.3. The fourth-order valence-corrected chi connectivity index (χ4v) is 2.11. The largest absolute Gasteiger partial charge is 0.417 e. The number of hydrogen-bond donors (Lipinski definition) is 1. The third-order valence-corrected chi connectivity index (χ3v) is 3.35. The van der Waals surface area contributed by atoms with Gasteiger partial charge in [0.2, 0.25) is 11.8 Å². The lowest BCUT2D eigenvalue weighted by atomic mass is 10.3. The van der Waals surface area contributed by atoms with E-state index < -0.39 is 11.7 Å². The van der Waals surface area contributed by atoms with Crippen molar-refractivity contribution in [2.45, 2.75) is 13.1 Å². The second-order valence-corrected chi connectivity index (χ2v) is 5.36. The van der Waals surface area contributed by atoms with Crippen LogP contribution >= 0.6 is 23.8 Å². The third kappa shape index (κ3) is 4.34. The van der Waals surface area contributed by atoms with Crippen molar-refractivity contribution in [3.8, 4) is 11.8 Å². The van der Waals surface area contributed by atoms with E-state index in [1.54, 1.807) is 6.92 Å². The third-order valence-electron chi connectivity index (χ3n) is 2.76. The average molecular weight is 381 g/mol. The molecule has 0 aliphatic rings. The van der Waals surface area contributed by atoms with Crippen molar-refractivity contribution in [2.24, 2.45) is 0 Å². The van der Waals surface area contributed by atoms with Crippen LogP contribution in [-0.4, -0.2) is 33.7 Å². The van der Waals surface area contributed by atoms with Crippen molar-refractivity contribution in [3.05, 3.63) is 34.6 Å². The fraction of sp³-hybridized carbons (Fsp3) is 0.308. The number of thiocarbonyl (C=S) groups is 1. The Labute approximate surface area is 145 Å². The van der Waals surface area contributed by atoms with Crippen LogP contribution in [-0.2, 0) is 10.9 Å². The first-order chi connectivity index (χ1) is 11.2. The van der Waals surface area contributed by atoms with Gasteiger partial charge in [-0.2, -0.15) is 13.2 Å². The summed E-state index contributed by atoms with van der Waals surface area (Å²) in [6.07, 6.45) is -3.90. The van der Waals surface area contributed by atoms with Crippen molar-refractivity contribution in [2.75, 3.05) is 13.8 Å². The Bertz CT molecular complexity index is 751. The maximum atomic E-state index is 12.6. The molecule has 1 N–H and O–H groups in total. The summed E-state index contributed by atoms with van der Waals surface area (Å²) in [6, 6.07) is 2.27. The SMILES string of the molecule is COCNC(=S)n1nc(Oc2ncc(C(F)(F)F)cc2Cl)cc1C. The molecule has 0 bridgehead atoms. The van der Waals surface area contributed by atoms with Gasteiger partial charge in [0.25, 0.3) is 0 Å². The van der Waals surface area contributed by atoms with E-state index in [1.807, 2.05) is 0 Å². The Kier molecular flexibility index (Phi) is 5.62. The molecule has 11 heteroatoms. The molecular weight excluding hydrogens is 369 g/mol. The lowest BCUT2D eigenvalue weighted by Crippen LogP contribution is -2.31. The first-order valence-electron chi connectivity index (χ1n) is 6.46. The molecule has 0 atom stereocenters. The van der Waals surface area contributed by atoms with Crippen LogP contribution in [0.3, 0.4) is 0 Å². The van der Waals surface area contributed by atoms with E-state index in [9.17, 15) is 13.2 Å². The van der Waals surface area contributed by atoms with Gasteiger partial charge >= 0.3 is 6.18 Å². The van der Waals surface area contributed by atoms with E-state index in [0.29, 0.717) is 11.9 Å². The molecule has 0 fully saturated rings. The van der Waals surface area contributed by atoms with Crippen LogP contribution < -0.4 is 10.1 Å². The van der Waals surface area contributed by atoms with Crippen LogP contribution in [0.5, 0.6) is 11.8 Å². The summed E-state index contributed by atoms with van der Waals surface area (Å²) in [5.41, 5.74) is -0.326. The lowest BCUT2D eigenvalue weighted by molar-refractivity contribution is -0.137. The van der Waals surface area contributed by atoms with Gasteiger partial charge in [0.1, 0.15) is 11.8 Å². The molecule has 0 aromatic carbocycles. The minimum absolute atomic E-state index is 0.0863. The normalized spacial score (nSPS) is 11.4. The Balaban J connectivity index is 2.19. The fourth-order valence-electron chi connectivity index (χ4n) is 1.66. The molecule has 24 heavy (non-hydrogen) atoms. The maximum absolute atomic E-state index is 12.6. The molecule has 0 aliphatic carbocycles. The van der Waals surface area contributed by atoms with Gasteiger partial charge in [0.15, 0.2) is 5.11 Å². The molecule has 2 heterocycles. The van der Waals surface area contributed by atoms with Gasteiger partial charge < -0.3 is 14.8 Å². The number of ether oxygens (including phenoxy) is 2. The molecule has 0 unspecified atom stereocenters. The summed E-state index contributed by atoms with van der Waals surface area (Å²) >= 11 is 10.9. The Morgan fingerprint density at radius 3 is 2.71 bits per heavy atom. The summed E-state index contributed by atoms with van der Waals surface area (Å²) in [6.45, 7) is 1.92.